The van der Waals surface area contributed by atoms with Crippen LogP contribution >= 0.6 is 0 Å². The number of likely N-dealkylation sites (tertiary alicyclic amines) is 1. The maximum Gasteiger partial charge on any atom is 0.229 e. The molecule has 1 heterocycles. The minimum Gasteiger partial charge on any atom is -0.399 e. The predicted molar refractivity (Wildman–Crippen MR) is 74.5 cm³/mol. The van der Waals surface area contributed by atoms with Crippen molar-refractivity contribution in [2.75, 3.05) is 12.3 Å². The Labute approximate surface area is 113 Å². The van der Waals surface area contributed by atoms with Crippen LogP contribution in [0.25, 0.3) is 0 Å². The summed E-state index contributed by atoms with van der Waals surface area (Å²) in [4.78, 5) is 25.5. The van der Waals surface area contributed by atoms with Gasteiger partial charge in [0.15, 0.2) is 0 Å². The second kappa shape index (κ2) is 5.87. The molecule has 4 nitrogen and oxygen atoms in total. The summed E-state index contributed by atoms with van der Waals surface area (Å²) in [6.07, 6.45) is 2.66. The van der Waals surface area contributed by atoms with Gasteiger partial charge in [-0.15, -0.1) is 0 Å². The Morgan fingerprint density at radius 1 is 1.26 bits per heavy atom. The van der Waals surface area contributed by atoms with Gasteiger partial charge < -0.3 is 5.73 Å². The lowest BCUT2D eigenvalue weighted by atomic mass is 9.88. The first-order chi connectivity index (χ1) is 9.11. The number of amides is 2. The van der Waals surface area contributed by atoms with Crippen molar-refractivity contribution in [3.05, 3.63) is 29.8 Å². The molecule has 1 saturated heterocycles. The highest BCUT2D eigenvalue weighted by atomic mass is 16.2. The van der Waals surface area contributed by atoms with E-state index in [9.17, 15) is 9.59 Å². The number of hydrogen-bond donors (Lipinski definition) is 1. The SMILES string of the molecule is CCCCN1C(=O)CC(c2cccc(N)c2)CC1=O. The molecule has 1 aliphatic heterocycles. The van der Waals surface area contributed by atoms with Gasteiger partial charge in [-0.25, -0.2) is 0 Å². The van der Waals surface area contributed by atoms with Crippen LogP contribution in [0.3, 0.4) is 0 Å². The molecule has 1 fully saturated rings. The van der Waals surface area contributed by atoms with E-state index in [0.29, 0.717) is 25.1 Å². The van der Waals surface area contributed by atoms with Gasteiger partial charge >= 0.3 is 0 Å². The van der Waals surface area contributed by atoms with E-state index in [2.05, 4.69) is 6.92 Å². The van der Waals surface area contributed by atoms with E-state index in [4.69, 9.17) is 5.73 Å². The average molecular weight is 260 g/mol. The summed E-state index contributed by atoms with van der Waals surface area (Å²) in [5.41, 5.74) is 7.40. The molecule has 0 atom stereocenters. The second-order valence-electron chi connectivity index (χ2n) is 5.07. The molecule has 0 saturated carbocycles. The minimum atomic E-state index is -0.0582. The van der Waals surface area contributed by atoms with Crippen LogP contribution in [-0.2, 0) is 9.59 Å². The van der Waals surface area contributed by atoms with Crippen molar-refractivity contribution in [1.82, 2.24) is 4.90 Å². The molecule has 0 radical (unpaired) electrons. The predicted octanol–water partition coefficient (Wildman–Crippen LogP) is 2.30. The fraction of sp³-hybridized carbons (Fsp3) is 0.467. The number of carbonyl (C=O) groups is 2. The Balaban J connectivity index is 2.09. The maximum atomic E-state index is 12.1. The smallest absolute Gasteiger partial charge is 0.229 e. The molecule has 0 aromatic heterocycles. The highest BCUT2D eigenvalue weighted by Gasteiger charge is 2.32. The minimum absolute atomic E-state index is 0.0265. The van der Waals surface area contributed by atoms with Gasteiger partial charge in [0.05, 0.1) is 0 Å². The van der Waals surface area contributed by atoms with E-state index in [1.54, 1.807) is 0 Å². The molecule has 2 rings (SSSR count). The number of rotatable bonds is 4. The third-order valence-electron chi connectivity index (χ3n) is 3.56. The van der Waals surface area contributed by atoms with Crippen molar-refractivity contribution in [2.24, 2.45) is 0 Å². The van der Waals surface area contributed by atoms with Gasteiger partial charge in [0, 0.05) is 31.0 Å². The fourth-order valence-corrected chi connectivity index (χ4v) is 2.47. The molecule has 19 heavy (non-hydrogen) atoms. The number of nitrogens with zero attached hydrogens (tertiary/aromatic N) is 1. The van der Waals surface area contributed by atoms with Crippen LogP contribution in [0, 0.1) is 0 Å². The van der Waals surface area contributed by atoms with Gasteiger partial charge in [0.2, 0.25) is 11.8 Å². The zero-order chi connectivity index (χ0) is 13.8. The van der Waals surface area contributed by atoms with Crippen LogP contribution in [0.2, 0.25) is 0 Å². The Hall–Kier alpha value is -1.84. The fourth-order valence-electron chi connectivity index (χ4n) is 2.47. The first-order valence-electron chi connectivity index (χ1n) is 6.80. The highest BCUT2D eigenvalue weighted by molar-refractivity contribution is 5.98. The van der Waals surface area contributed by atoms with E-state index < -0.39 is 0 Å². The third kappa shape index (κ3) is 3.13. The molecule has 2 N–H and O–H groups in total. The Kier molecular flexibility index (Phi) is 4.20. The quantitative estimate of drug-likeness (QED) is 0.667. The third-order valence-corrected chi connectivity index (χ3v) is 3.56. The van der Waals surface area contributed by atoms with Gasteiger partial charge in [0.25, 0.3) is 0 Å². The van der Waals surface area contributed by atoms with Gasteiger partial charge in [-0.3, -0.25) is 14.5 Å². The standard InChI is InChI=1S/C15H20N2O2/c1-2-3-7-17-14(18)9-12(10-15(17)19)11-5-4-6-13(16)8-11/h4-6,8,12H,2-3,7,9-10,16H2,1H3. The van der Waals surface area contributed by atoms with Crippen LogP contribution in [-0.4, -0.2) is 23.3 Å². The van der Waals surface area contributed by atoms with Crippen molar-refractivity contribution in [3.8, 4) is 0 Å². The molecule has 102 valence electrons. The normalized spacial score (nSPS) is 17.0. The zero-order valence-electron chi connectivity index (χ0n) is 11.3. The number of piperidine rings is 1. The van der Waals surface area contributed by atoms with E-state index in [1.807, 2.05) is 24.3 Å². The van der Waals surface area contributed by atoms with Gasteiger partial charge in [-0.1, -0.05) is 25.5 Å². The zero-order valence-corrected chi connectivity index (χ0v) is 11.3. The van der Waals surface area contributed by atoms with E-state index >= 15 is 0 Å². The highest BCUT2D eigenvalue weighted by Crippen LogP contribution is 2.30. The Morgan fingerprint density at radius 3 is 2.53 bits per heavy atom. The van der Waals surface area contributed by atoms with Crippen LogP contribution in [0.1, 0.15) is 44.1 Å². The first kappa shape index (κ1) is 13.6. The molecule has 0 spiro atoms. The Bertz CT molecular complexity index is 467. The largest absolute Gasteiger partial charge is 0.399 e. The number of unbranched alkanes of at least 4 members (excludes halogenated alkanes) is 1. The molecule has 4 heteroatoms. The van der Waals surface area contributed by atoms with Crippen LogP contribution in [0.4, 0.5) is 5.69 Å². The second-order valence-corrected chi connectivity index (χ2v) is 5.07. The van der Waals surface area contributed by atoms with Gasteiger partial charge in [-0.05, 0) is 24.1 Å². The summed E-state index contributed by atoms with van der Waals surface area (Å²) in [6.45, 7) is 2.60. The summed E-state index contributed by atoms with van der Waals surface area (Å²) >= 11 is 0. The number of carbonyl (C=O) groups excluding carboxylic acids is 2. The Morgan fingerprint density at radius 2 is 1.95 bits per heavy atom. The number of nitrogen functional groups attached to an aromatic ring is 1. The van der Waals surface area contributed by atoms with Crippen molar-refractivity contribution in [2.45, 2.75) is 38.5 Å². The monoisotopic (exact) mass is 260 g/mol. The van der Waals surface area contributed by atoms with E-state index in [1.165, 1.54) is 4.90 Å². The van der Waals surface area contributed by atoms with Crippen LogP contribution in [0.5, 0.6) is 0 Å². The van der Waals surface area contributed by atoms with E-state index in [-0.39, 0.29) is 17.7 Å². The molecule has 0 unspecified atom stereocenters. The summed E-state index contributed by atoms with van der Waals surface area (Å²) in [5, 5.41) is 0. The number of anilines is 1. The summed E-state index contributed by atoms with van der Waals surface area (Å²) < 4.78 is 0. The lowest BCUT2D eigenvalue weighted by Crippen LogP contribution is -2.43. The maximum absolute atomic E-state index is 12.1. The molecule has 0 bridgehead atoms. The summed E-state index contributed by atoms with van der Waals surface area (Å²) in [5.74, 6) is -0.143. The summed E-state index contributed by atoms with van der Waals surface area (Å²) in [6, 6.07) is 7.46. The van der Waals surface area contributed by atoms with Gasteiger partial charge in [0.1, 0.15) is 0 Å². The molecule has 1 aromatic carbocycles. The van der Waals surface area contributed by atoms with E-state index in [0.717, 1.165) is 18.4 Å². The van der Waals surface area contributed by atoms with Crippen molar-refractivity contribution >= 4 is 17.5 Å². The van der Waals surface area contributed by atoms with Gasteiger partial charge in [-0.2, -0.15) is 0 Å². The summed E-state index contributed by atoms with van der Waals surface area (Å²) in [7, 11) is 0. The molecule has 0 aliphatic carbocycles. The first-order valence-corrected chi connectivity index (χ1v) is 6.80. The lowest BCUT2D eigenvalue weighted by molar-refractivity contribution is -0.148. The van der Waals surface area contributed by atoms with Crippen LogP contribution < -0.4 is 5.73 Å². The van der Waals surface area contributed by atoms with Crippen molar-refractivity contribution in [1.29, 1.82) is 0 Å². The topological polar surface area (TPSA) is 63.4 Å². The average Bonchev–Trinajstić information content (AvgIpc) is 2.37. The number of imide groups is 1. The lowest BCUT2D eigenvalue weighted by Gasteiger charge is -2.30. The molecular weight excluding hydrogens is 240 g/mol. The number of nitrogens with two attached hydrogens (primary N) is 1. The van der Waals surface area contributed by atoms with Crippen molar-refractivity contribution < 1.29 is 9.59 Å². The van der Waals surface area contributed by atoms with Crippen LogP contribution in [0.15, 0.2) is 24.3 Å². The number of benzene rings is 1. The molecule has 2 amide bonds. The number of hydrogen-bond acceptors (Lipinski definition) is 3. The molecule has 1 aromatic rings. The molecular formula is C15H20N2O2. The molecule has 1 aliphatic rings. The van der Waals surface area contributed by atoms with Crippen molar-refractivity contribution in [3.63, 3.8) is 0 Å².